The molecule has 26 heavy (non-hydrogen) atoms. The van der Waals surface area contributed by atoms with Gasteiger partial charge < -0.3 is 15.0 Å². The number of carbonyl (C=O) groups is 1. The quantitative estimate of drug-likeness (QED) is 0.740. The number of nitrogens with zero attached hydrogens (tertiary/aromatic N) is 2. The molecule has 0 saturated carbocycles. The Labute approximate surface area is 152 Å². The number of Topliss-reactive ketones (excluding diaryl/α,β-unsaturated/α-hetero) is 1. The maximum absolute atomic E-state index is 12.3. The molecule has 3 heterocycles. The lowest BCUT2D eigenvalue weighted by atomic mass is 9.91. The molecule has 1 aliphatic heterocycles. The Kier molecular flexibility index (Phi) is 3.72. The van der Waals surface area contributed by atoms with Crippen molar-refractivity contribution < 1.29 is 9.53 Å². The first-order valence-electron chi connectivity index (χ1n) is 8.80. The van der Waals surface area contributed by atoms with Gasteiger partial charge in [-0.05, 0) is 45.4 Å². The monoisotopic (exact) mass is 350 g/mol. The molecular weight excluding hydrogens is 328 g/mol. The number of hydrogen-bond acceptors (Lipinski definition) is 5. The van der Waals surface area contributed by atoms with Gasteiger partial charge in [-0.25, -0.2) is 4.98 Å². The minimum absolute atomic E-state index is 0.120. The van der Waals surface area contributed by atoms with Crippen LogP contribution in [0.25, 0.3) is 22.2 Å². The van der Waals surface area contributed by atoms with Crippen molar-refractivity contribution in [1.82, 2.24) is 15.0 Å². The Morgan fingerprint density at radius 3 is 2.85 bits per heavy atom. The minimum Gasteiger partial charge on any atom is -0.487 e. The topological polar surface area (TPSA) is 79.9 Å². The molecule has 0 aliphatic carbocycles. The number of carbonyl (C=O) groups excluding carboxylic acids is 1. The van der Waals surface area contributed by atoms with Crippen LogP contribution < -0.4 is 10.1 Å². The highest BCUT2D eigenvalue weighted by Gasteiger charge is 2.32. The van der Waals surface area contributed by atoms with Crippen LogP contribution >= 0.6 is 0 Å². The van der Waals surface area contributed by atoms with Crippen LogP contribution in [0.2, 0.25) is 0 Å². The summed E-state index contributed by atoms with van der Waals surface area (Å²) in [6.07, 6.45) is 4.12. The summed E-state index contributed by atoms with van der Waals surface area (Å²) in [4.78, 5) is 24.5. The molecule has 0 atom stereocenters. The van der Waals surface area contributed by atoms with Gasteiger partial charge in [-0.1, -0.05) is 6.07 Å². The van der Waals surface area contributed by atoms with Crippen LogP contribution in [0.1, 0.15) is 44.5 Å². The van der Waals surface area contributed by atoms with Crippen molar-refractivity contribution in [2.75, 3.05) is 5.32 Å². The van der Waals surface area contributed by atoms with Gasteiger partial charge >= 0.3 is 0 Å². The maximum Gasteiger partial charge on any atom is 0.224 e. The molecule has 3 aromatic rings. The van der Waals surface area contributed by atoms with E-state index in [1.165, 1.54) is 0 Å². The highest BCUT2D eigenvalue weighted by molar-refractivity contribution is 6.02. The molecule has 1 aromatic carbocycles. The predicted octanol–water partition coefficient (Wildman–Crippen LogP) is 4.19. The number of fused-ring (bicyclic) bond motifs is 2. The molecule has 0 bridgehead atoms. The summed E-state index contributed by atoms with van der Waals surface area (Å²) in [6, 6.07) is 5.98. The predicted molar refractivity (Wildman–Crippen MR) is 102 cm³/mol. The molecule has 134 valence electrons. The van der Waals surface area contributed by atoms with E-state index in [1.807, 2.05) is 58.3 Å². The molecule has 6 heteroatoms. The third-order valence-corrected chi connectivity index (χ3v) is 4.42. The average molecular weight is 350 g/mol. The summed E-state index contributed by atoms with van der Waals surface area (Å²) in [6.45, 7) is 7.96. The van der Waals surface area contributed by atoms with Crippen molar-refractivity contribution in [3.8, 4) is 16.9 Å². The molecule has 2 aromatic heterocycles. The molecule has 0 unspecified atom stereocenters. The van der Waals surface area contributed by atoms with E-state index in [1.54, 1.807) is 0 Å². The zero-order valence-corrected chi connectivity index (χ0v) is 15.4. The first-order valence-corrected chi connectivity index (χ1v) is 8.80. The summed E-state index contributed by atoms with van der Waals surface area (Å²) in [5.74, 6) is 1.36. The molecule has 0 fully saturated rings. The number of H-pyrrole nitrogens is 1. The lowest BCUT2D eigenvalue weighted by molar-refractivity contribution is 0.0620. The van der Waals surface area contributed by atoms with Crippen molar-refractivity contribution in [1.29, 1.82) is 0 Å². The van der Waals surface area contributed by atoms with Crippen molar-refractivity contribution in [3.05, 3.63) is 36.2 Å². The van der Waals surface area contributed by atoms with Gasteiger partial charge in [0, 0.05) is 29.4 Å². The molecule has 0 radical (unpaired) electrons. The van der Waals surface area contributed by atoms with Crippen LogP contribution in [0.3, 0.4) is 0 Å². The molecule has 6 nitrogen and oxygen atoms in total. The standard InChI is InChI=1S/C20H22N4O2/c1-11(2)23-19-22-10-15-14(9-21-18(15)24-19)12-5-6-13-16(25)8-20(3,4)26-17(13)7-12/h5-7,9-11H,8H2,1-4H3,(H2,21,22,23,24). The van der Waals surface area contributed by atoms with Crippen LogP contribution in [-0.4, -0.2) is 32.4 Å². The van der Waals surface area contributed by atoms with E-state index in [2.05, 4.69) is 20.3 Å². The van der Waals surface area contributed by atoms with Crippen LogP contribution in [0.4, 0.5) is 5.95 Å². The van der Waals surface area contributed by atoms with E-state index in [-0.39, 0.29) is 11.8 Å². The van der Waals surface area contributed by atoms with Crippen molar-refractivity contribution in [2.24, 2.45) is 0 Å². The summed E-state index contributed by atoms with van der Waals surface area (Å²) < 4.78 is 6.03. The van der Waals surface area contributed by atoms with E-state index in [4.69, 9.17) is 4.74 Å². The SMILES string of the molecule is CC(C)Nc1ncc2c(-c3ccc4c(c3)OC(C)(C)CC4=O)c[nH]c2n1. The summed E-state index contributed by atoms with van der Waals surface area (Å²) in [5, 5.41) is 4.13. The number of hydrogen-bond donors (Lipinski definition) is 2. The van der Waals surface area contributed by atoms with E-state index in [0.717, 1.165) is 22.2 Å². The number of benzene rings is 1. The largest absolute Gasteiger partial charge is 0.487 e. The lowest BCUT2D eigenvalue weighted by Crippen LogP contribution is -2.35. The molecule has 0 amide bonds. The number of aromatic nitrogens is 3. The van der Waals surface area contributed by atoms with Crippen LogP contribution in [-0.2, 0) is 0 Å². The number of nitrogens with one attached hydrogen (secondary N) is 2. The number of ketones is 1. The number of aromatic amines is 1. The van der Waals surface area contributed by atoms with Crippen LogP contribution in [0.5, 0.6) is 5.75 Å². The Morgan fingerprint density at radius 2 is 2.08 bits per heavy atom. The van der Waals surface area contributed by atoms with Gasteiger partial charge in [-0.15, -0.1) is 0 Å². The molecule has 0 spiro atoms. The molecule has 4 rings (SSSR count). The van der Waals surface area contributed by atoms with Crippen LogP contribution in [0, 0.1) is 0 Å². The van der Waals surface area contributed by atoms with Gasteiger partial charge in [0.05, 0.1) is 12.0 Å². The first-order chi connectivity index (χ1) is 12.3. The second kappa shape index (κ2) is 5.83. The van der Waals surface area contributed by atoms with E-state index in [0.29, 0.717) is 23.7 Å². The summed E-state index contributed by atoms with van der Waals surface area (Å²) >= 11 is 0. The second-order valence-corrected chi connectivity index (χ2v) is 7.63. The van der Waals surface area contributed by atoms with E-state index < -0.39 is 5.60 Å². The van der Waals surface area contributed by atoms with Gasteiger partial charge in [0.2, 0.25) is 5.95 Å². The van der Waals surface area contributed by atoms with E-state index >= 15 is 0 Å². The summed E-state index contributed by atoms with van der Waals surface area (Å²) in [5.41, 5.74) is 2.89. The zero-order valence-electron chi connectivity index (χ0n) is 15.4. The van der Waals surface area contributed by atoms with Gasteiger partial charge in [0.15, 0.2) is 5.78 Å². The smallest absolute Gasteiger partial charge is 0.224 e. The first kappa shape index (κ1) is 16.6. The minimum atomic E-state index is -0.483. The molecule has 0 saturated heterocycles. The van der Waals surface area contributed by atoms with Gasteiger partial charge in [0.1, 0.15) is 17.0 Å². The van der Waals surface area contributed by atoms with Crippen LogP contribution in [0.15, 0.2) is 30.6 Å². The summed E-state index contributed by atoms with van der Waals surface area (Å²) in [7, 11) is 0. The van der Waals surface area contributed by atoms with Crippen molar-refractivity contribution in [2.45, 2.75) is 45.8 Å². The normalized spacial score (nSPS) is 15.8. The molecular formula is C20H22N4O2. The Balaban J connectivity index is 1.75. The maximum atomic E-state index is 12.3. The number of anilines is 1. The third-order valence-electron chi connectivity index (χ3n) is 4.42. The highest BCUT2D eigenvalue weighted by Crippen LogP contribution is 2.37. The zero-order chi connectivity index (χ0) is 18.5. The number of ether oxygens (including phenoxy) is 1. The molecule has 1 aliphatic rings. The Bertz CT molecular complexity index is 1000. The lowest BCUT2D eigenvalue weighted by Gasteiger charge is -2.31. The highest BCUT2D eigenvalue weighted by atomic mass is 16.5. The Hall–Kier alpha value is -2.89. The third kappa shape index (κ3) is 2.92. The fraction of sp³-hybridized carbons (Fsp3) is 0.350. The average Bonchev–Trinajstić information content (AvgIpc) is 2.95. The second-order valence-electron chi connectivity index (χ2n) is 7.63. The number of rotatable bonds is 3. The Morgan fingerprint density at radius 1 is 1.27 bits per heavy atom. The van der Waals surface area contributed by atoms with Gasteiger partial charge in [-0.2, -0.15) is 4.98 Å². The van der Waals surface area contributed by atoms with E-state index in [9.17, 15) is 4.79 Å². The van der Waals surface area contributed by atoms with Crippen molar-refractivity contribution in [3.63, 3.8) is 0 Å². The fourth-order valence-electron chi connectivity index (χ4n) is 3.29. The van der Waals surface area contributed by atoms with Crippen molar-refractivity contribution >= 4 is 22.8 Å². The fourth-order valence-corrected chi connectivity index (χ4v) is 3.29. The van der Waals surface area contributed by atoms with Gasteiger partial charge in [0.25, 0.3) is 0 Å². The molecule has 2 N–H and O–H groups in total. The van der Waals surface area contributed by atoms with Gasteiger partial charge in [-0.3, -0.25) is 4.79 Å².